The predicted molar refractivity (Wildman–Crippen MR) is 77.6 cm³/mol. The molecule has 0 N–H and O–H groups in total. The van der Waals surface area contributed by atoms with E-state index in [1.807, 2.05) is 0 Å². The fourth-order valence-electron chi connectivity index (χ4n) is 2.14. The lowest BCUT2D eigenvalue weighted by molar-refractivity contribution is 0.284. The molecule has 1 fully saturated rings. The quantitative estimate of drug-likeness (QED) is 0.852. The summed E-state index contributed by atoms with van der Waals surface area (Å²) in [7, 11) is 0. The van der Waals surface area contributed by atoms with Crippen LogP contribution in [0, 0.1) is 0 Å². The minimum Gasteiger partial charge on any atom is -0.296 e. The van der Waals surface area contributed by atoms with E-state index in [9.17, 15) is 0 Å². The summed E-state index contributed by atoms with van der Waals surface area (Å²) in [6.07, 6.45) is 0.996. The minimum atomic E-state index is 0.955. The molecule has 0 aromatic carbocycles. The molecule has 17 heavy (non-hydrogen) atoms. The second kappa shape index (κ2) is 6.25. The monoisotopic (exact) mass is 317 g/mol. The van der Waals surface area contributed by atoms with E-state index in [0.717, 1.165) is 19.5 Å². The van der Waals surface area contributed by atoms with Gasteiger partial charge in [-0.15, -0.1) is 0 Å². The summed E-state index contributed by atoms with van der Waals surface area (Å²) in [5.41, 5.74) is 2.53. The third-order valence-electron chi connectivity index (χ3n) is 3.17. The van der Waals surface area contributed by atoms with E-state index >= 15 is 0 Å². The number of aromatic nitrogens is 2. The number of nitrogens with zero attached hydrogens (tertiary/aromatic N) is 3. The van der Waals surface area contributed by atoms with Crippen LogP contribution in [-0.4, -0.2) is 39.3 Å². The Bertz CT molecular complexity index is 372. The third kappa shape index (κ3) is 3.06. The summed E-state index contributed by atoms with van der Waals surface area (Å²) in [5.74, 6) is 2.52. The summed E-state index contributed by atoms with van der Waals surface area (Å²) in [6.45, 7) is 8.71. The predicted octanol–water partition coefficient (Wildman–Crippen LogP) is 2.78. The highest BCUT2D eigenvalue weighted by atomic mass is 79.9. The fourth-order valence-corrected chi connectivity index (χ4v) is 3.81. The maximum absolute atomic E-state index is 4.65. The molecule has 1 aromatic rings. The SMILES string of the molecule is CCc1nn(CC)c(CN2CCSCC2)c1Br. The molecule has 0 spiro atoms. The van der Waals surface area contributed by atoms with Crippen LogP contribution in [0.2, 0.25) is 0 Å². The van der Waals surface area contributed by atoms with Crippen molar-refractivity contribution >= 4 is 27.7 Å². The molecule has 3 nitrogen and oxygen atoms in total. The molecule has 1 aromatic heterocycles. The molecule has 5 heteroatoms. The molecule has 2 rings (SSSR count). The Kier molecular flexibility index (Phi) is 4.94. The first-order valence-electron chi connectivity index (χ1n) is 6.30. The molecule has 0 saturated carbocycles. The van der Waals surface area contributed by atoms with Crippen LogP contribution in [0.15, 0.2) is 4.47 Å². The van der Waals surface area contributed by atoms with Crippen LogP contribution in [0.4, 0.5) is 0 Å². The van der Waals surface area contributed by atoms with Crippen LogP contribution in [0.25, 0.3) is 0 Å². The van der Waals surface area contributed by atoms with Crippen molar-refractivity contribution in [3.63, 3.8) is 0 Å². The van der Waals surface area contributed by atoms with Gasteiger partial charge in [-0.05, 0) is 29.3 Å². The molecule has 1 aliphatic rings. The van der Waals surface area contributed by atoms with E-state index in [2.05, 4.69) is 56.2 Å². The van der Waals surface area contributed by atoms with Crippen molar-refractivity contribution in [1.29, 1.82) is 0 Å². The van der Waals surface area contributed by atoms with Gasteiger partial charge in [-0.2, -0.15) is 16.9 Å². The largest absolute Gasteiger partial charge is 0.296 e. The van der Waals surface area contributed by atoms with E-state index < -0.39 is 0 Å². The van der Waals surface area contributed by atoms with Gasteiger partial charge in [-0.3, -0.25) is 9.58 Å². The molecule has 1 saturated heterocycles. The molecule has 0 radical (unpaired) electrons. The van der Waals surface area contributed by atoms with Crippen molar-refractivity contribution < 1.29 is 0 Å². The Balaban J connectivity index is 2.15. The van der Waals surface area contributed by atoms with Crippen LogP contribution in [0.3, 0.4) is 0 Å². The van der Waals surface area contributed by atoms with Gasteiger partial charge in [-0.25, -0.2) is 0 Å². The van der Waals surface area contributed by atoms with Gasteiger partial charge in [0.1, 0.15) is 0 Å². The smallest absolute Gasteiger partial charge is 0.0767 e. The maximum Gasteiger partial charge on any atom is 0.0767 e. The van der Waals surface area contributed by atoms with E-state index in [-0.39, 0.29) is 0 Å². The van der Waals surface area contributed by atoms with Crippen LogP contribution in [0.1, 0.15) is 25.2 Å². The van der Waals surface area contributed by atoms with Gasteiger partial charge in [0.05, 0.1) is 15.9 Å². The van der Waals surface area contributed by atoms with E-state index in [0.29, 0.717) is 0 Å². The van der Waals surface area contributed by atoms with Crippen molar-refractivity contribution in [1.82, 2.24) is 14.7 Å². The van der Waals surface area contributed by atoms with E-state index in [1.165, 1.54) is 40.5 Å². The Hall–Kier alpha value is -0.000000000000000111. The Morgan fingerprint density at radius 1 is 1.29 bits per heavy atom. The second-order valence-corrected chi connectivity index (χ2v) is 6.28. The summed E-state index contributed by atoms with van der Waals surface area (Å²) in [4.78, 5) is 2.53. The van der Waals surface area contributed by atoms with Gasteiger partial charge in [0.2, 0.25) is 0 Å². The molecular formula is C12H20BrN3S. The van der Waals surface area contributed by atoms with Crippen molar-refractivity contribution in [2.45, 2.75) is 33.4 Å². The average molecular weight is 318 g/mol. The number of thioether (sulfide) groups is 1. The van der Waals surface area contributed by atoms with Crippen molar-refractivity contribution in [3.8, 4) is 0 Å². The molecule has 0 atom stereocenters. The zero-order valence-electron chi connectivity index (χ0n) is 10.6. The summed E-state index contributed by atoms with van der Waals surface area (Å²) in [6, 6.07) is 0. The Labute approximate surface area is 116 Å². The van der Waals surface area contributed by atoms with Gasteiger partial charge in [0.15, 0.2) is 0 Å². The number of hydrogen-bond donors (Lipinski definition) is 0. The standard InChI is InChI=1S/C12H20BrN3S/c1-3-10-12(13)11(16(4-2)14-10)9-15-5-7-17-8-6-15/h3-9H2,1-2H3. The lowest BCUT2D eigenvalue weighted by Gasteiger charge is -2.26. The van der Waals surface area contributed by atoms with E-state index in [1.54, 1.807) is 0 Å². The summed E-state index contributed by atoms with van der Waals surface area (Å²) < 4.78 is 3.37. The van der Waals surface area contributed by atoms with Crippen LogP contribution in [0.5, 0.6) is 0 Å². The minimum absolute atomic E-state index is 0.955. The summed E-state index contributed by atoms with van der Waals surface area (Å²) in [5, 5.41) is 4.65. The van der Waals surface area contributed by atoms with Crippen LogP contribution in [-0.2, 0) is 19.5 Å². The van der Waals surface area contributed by atoms with E-state index in [4.69, 9.17) is 0 Å². The fraction of sp³-hybridized carbons (Fsp3) is 0.750. The first-order chi connectivity index (χ1) is 8.26. The summed E-state index contributed by atoms with van der Waals surface area (Å²) >= 11 is 5.77. The van der Waals surface area contributed by atoms with Crippen molar-refractivity contribution in [2.75, 3.05) is 24.6 Å². The normalized spacial score (nSPS) is 17.6. The molecule has 2 heterocycles. The average Bonchev–Trinajstić information content (AvgIpc) is 2.68. The Morgan fingerprint density at radius 3 is 2.59 bits per heavy atom. The highest BCUT2D eigenvalue weighted by molar-refractivity contribution is 9.10. The Morgan fingerprint density at radius 2 is 2.00 bits per heavy atom. The number of aryl methyl sites for hydroxylation is 2. The van der Waals surface area contributed by atoms with Crippen LogP contribution >= 0.6 is 27.7 Å². The first-order valence-corrected chi connectivity index (χ1v) is 8.25. The zero-order valence-corrected chi connectivity index (χ0v) is 13.0. The highest BCUT2D eigenvalue weighted by Gasteiger charge is 2.18. The molecule has 0 unspecified atom stereocenters. The van der Waals surface area contributed by atoms with Crippen molar-refractivity contribution in [2.24, 2.45) is 0 Å². The molecule has 96 valence electrons. The van der Waals surface area contributed by atoms with Crippen molar-refractivity contribution in [3.05, 3.63) is 15.9 Å². The molecule has 0 aliphatic carbocycles. The second-order valence-electron chi connectivity index (χ2n) is 4.27. The van der Waals surface area contributed by atoms with Gasteiger partial charge in [0, 0.05) is 37.7 Å². The van der Waals surface area contributed by atoms with Gasteiger partial charge >= 0.3 is 0 Å². The lowest BCUT2D eigenvalue weighted by atomic mass is 10.3. The third-order valence-corrected chi connectivity index (χ3v) is 5.03. The number of hydrogen-bond acceptors (Lipinski definition) is 3. The number of halogens is 1. The molecule has 0 bridgehead atoms. The first kappa shape index (κ1) is 13.4. The topological polar surface area (TPSA) is 21.1 Å². The van der Waals surface area contributed by atoms with Gasteiger partial charge in [-0.1, -0.05) is 6.92 Å². The molecule has 0 amide bonds. The maximum atomic E-state index is 4.65. The zero-order chi connectivity index (χ0) is 12.3. The van der Waals surface area contributed by atoms with Crippen LogP contribution < -0.4 is 0 Å². The molecule has 1 aliphatic heterocycles. The van der Waals surface area contributed by atoms with Gasteiger partial charge < -0.3 is 0 Å². The lowest BCUT2D eigenvalue weighted by Crippen LogP contribution is -2.32. The molecular weight excluding hydrogens is 298 g/mol. The number of rotatable bonds is 4. The van der Waals surface area contributed by atoms with Gasteiger partial charge in [0.25, 0.3) is 0 Å². The highest BCUT2D eigenvalue weighted by Crippen LogP contribution is 2.24.